The molecule has 1 aliphatic rings. The molecule has 1 saturated heterocycles. The fourth-order valence-electron chi connectivity index (χ4n) is 2.37. The lowest BCUT2D eigenvalue weighted by Crippen LogP contribution is -2.30. The van der Waals surface area contributed by atoms with Gasteiger partial charge >= 0.3 is 0 Å². The first-order chi connectivity index (χ1) is 10.5. The molecule has 1 aromatic heterocycles. The summed E-state index contributed by atoms with van der Waals surface area (Å²) < 4.78 is 5.87. The van der Waals surface area contributed by atoms with Crippen LogP contribution in [0.3, 0.4) is 0 Å². The van der Waals surface area contributed by atoms with Gasteiger partial charge in [-0.2, -0.15) is 0 Å². The van der Waals surface area contributed by atoms with Crippen LogP contribution in [0.4, 0.5) is 5.82 Å². The molecule has 0 spiro atoms. The number of piperidine rings is 1. The van der Waals surface area contributed by atoms with Crippen molar-refractivity contribution in [1.29, 1.82) is 0 Å². The van der Waals surface area contributed by atoms with E-state index in [1.54, 1.807) is 13.2 Å². The molecule has 0 aromatic carbocycles. The number of nitrogen functional groups attached to an aromatic ring is 1. The van der Waals surface area contributed by atoms with Gasteiger partial charge in [-0.15, -0.1) is 0 Å². The average Bonchev–Trinajstić information content (AvgIpc) is 2.53. The molecule has 2 heterocycles. The van der Waals surface area contributed by atoms with Crippen molar-refractivity contribution in [2.45, 2.75) is 19.8 Å². The summed E-state index contributed by atoms with van der Waals surface area (Å²) in [4.78, 5) is 4.17. The minimum Gasteiger partial charge on any atom is -0.489 e. The largest absolute Gasteiger partial charge is 0.489 e. The van der Waals surface area contributed by atoms with Crippen molar-refractivity contribution in [2.24, 2.45) is 17.5 Å². The van der Waals surface area contributed by atoms with Gasteiger partial charge in [0.1, 0.15) is 0 Å². The van der Waals surface area contributed by atoms with Gasteiger partial charge < -0.3 is 26.5 Å². The number of rotatable bonds is 5. The molecule has 0 saturated carbocycles. The van der Waals surface area contributed by atoms with Crippen LogP contribution < -0.4 is 27.4 Å². The van der Waals surface area contributed by atoms with Crippen LogP contribution in [0.1, 0.15) is 25.3 Å². The number of hydrogen-bond donors (Lipinski definition) is 4. The highest BCUT2D eigenvalue weighted by molar-refractivity contribution is 5.67. The van der Waals surface area contributed by atoms with E-state index in [2.05, 4.69) is 10.3 Å². The van der Waals surface area contributed by atoms with Crippen molar-refractivity contribution in [3.63, 3.8) is 0 Å². The molecular weight excluding hydrogens is 280 g/mol. The Bertz CT molecular complexity index is 537. The fourth-order valence-corrected chi connectivity index (χ4v) is 2.37. The first-order valence-electron chi connectivity index (χ1n) is 7.53. The number of nitrogens with one attached hydrogen (secondary N) is 1. The smallest absolute Gasteiger partial charge is 0.166 e. The second-order valence-electron chi connectivity index (χ2n) is 5.72. The maximum Gasteiger partial charge on any atom is 0.166 e. The van der Waals surface area contributed by atoms with E-state index in [9.17, 15) is 0 Å². The highest BCUT2D eigenvalue weighted by Gasteiger charge is 2.15. The Kier molecular flexibility index (Phi) is 5.46. The molecule has 7 heteroatoms. The zero-order chi connectivity index (χ0) is 16.1. The second kappa shape index (κ2) is 7.33. The van der Waals surface area contributed by atoms with Crippen LogP contribution >= 0.6 is 0 Å². The number of hydrogen-bond acceptors (Lipinski definition) is 7. The minimum absolute atomic E-state index is 0.379. The number of aromatic nitrogens is 1. The number of nitrogens with zero attached hydrogens (tertiary/aromatic N) is 2. The van der Waals surface area contributed by atoms with Crippen LogP contribution in [0, 0.1) is 5.92 Å². The predicted octanol–water partition coefficient (Wildman–Crippen LogP) is 0.495. The van der Waals surface area contributed by atoms with Crippen LogP contribution in [0.25, 0.3) is 5.70 Å². The Morgan fingerprint density at radius 1 is 1.45 bits per heavy atom. The maximum absolute atomic E-state index is 6.11. The Morgan fingerprint density at radius 2 is 2.14 bits per heavy atom. The summed E-state index contributed by atoms with van der Waals surface area (Å²) in [5, 5.41) is 4.81. The molecule has 0 atom stereocenters. The Labute approximate surface area is 131 Å². The number of pyridine rings is 1. The third-order valence-corrected chi connectivity index (χ3v) is 4.04. The molecule has 0 unspecified atom stereocenters. The number of ether oxygens (including phenoxy) is 1. The van der Waals surface area contributed by atoms with Gasteiger partial charge in [0, 0.05) is 24.5 Å². The van der Waals surface area contributed by atoms with E-state index < -0.39 is 0 Å². The van der Waals surface area contributed by atoms with Crippen molar-refractivity contribution in [1.82, 2.24) is 15.3 Å². The Morgan fingerprint density at radius 3 is 2.77 bits per heavy atom. The molecule has 1 aromatic rings. The summed E-state index contributed by atoms with van der Waals surface area (Å²) in [5.41, 5.74) is 14.1. The number of allylic oxidation sites excluding steroid dienone is 1. The average molecular weight is 306 g/mol. The quantitative estimate of drug-likeness (QED) is 0.462. The normalized spacial score (nSPS) is 17.0. The molecule has 0 radical (unpaired) electrons. The SMILES string of the molecule is C/C(=C(/N)c1cnc(N)c(OCC2CCNCC2)c1)N(C)N. The highest BCUT2D eigenvalue weighted by Crippen LogP contribution is 2.25. The van der Waals surface area contributed by atoms with Crippen molar-refractivity contribution < 1.29 is 4.74 Å². The van der Waals surface area contributed by atoms with Gasteiger partial charge in [0.25, 0.3) is 0 Å². The van der Waals surface area contributed by atoms with Gasteiger partial charge in [0.05, 0.1) is 12.3 Å². The molecule has 22 heavy (non-hydrogen) atoms. The molecule has 0 aliphatic carbocycles. The molecule has 1 aliphatic heterocycles. The molecular formula is C15H26N6O. The Balaban J connectivity index is 2.11. The van der Waals surface area contributed by atoms with Crippen molar-refractivity contribution in [3.8, 4) is 5.75 Å². The highest BCUT2D eigenvalue weighted by atomic mass is 16.5. The van der Waals surface area contributed by atoms with E-state index in [-0.39, 0.29) is 0 Å². The molecule has 0 amide bonds. The molecule has 7 N–H and O–H groups in total. The zero-order valence-corrected chi connectivity index (χ0v) is 13.3. The van der Waals surface area contributed by atoms with Gasteiger partial charge in [-0.05, 0) is 44.8 Å². The van der Waals surface area contributed by atoms with Crippen LogP contribution in [-0.2, 0) is 0 Å². The number of nitrogens with two attached hydrogens (primary N) is 3. The second-order valence-corrected chi connectivity index (χ2v) is 5.72. The van der Waals surface area contributed by atoms with Gasteiger partial charge in [-0.1, -0.05) is 0 Å². The van der Waals surface area contributed by atoms with E-state index in [0.29, 0.717) is 29.8 Å². The first kappa shape index (κ1) is 16.4. The van der Waals surface area contributed by atoms with E-state index in [4.69, 9.17) is 22.0 Å². The molecule has 7 nitrogen and oxygen atoms in total. The molecule has 2 rings (SSSR count). The summed E-state index contributed by atoms with van der Waals surface area (Å²) in [5.74, 6) is 7.22. The van der Waals surface area contributed by atoms with Gasteiger partial charge in [-0.3, -0.25) is 0 Å². The number of hydrazine groups is 1. The maximum atomic E-state index is 6.11. The summed E-state index contributed by atoms with van der Waals surface area (Å²) >= 11 is 0. The first-order valence-corrected chi connectivity index (χ1v) is 7.53. The molecule has 1 fully saturated rings. The van der Waals surface area contributed by atoms with E-state index in [1.807, 2.05) is 13.0 Å². The van der Waals surface area contributed by atoms with E-state index in [0.717, 1.165) is 37.2 Å². The number of anilines is 1. The predicted molar refractivity (Wildman–Crippen MR) is 88.5 cm³/mol. The van der Waals surface area contributed by atoms with Crippen LogP contribution in [0.15, 0.2) is 18.0 Å². The zero-order valence-electron chi connectivity index (χ0n) is 13.3. The van der Waals surface area contributed by atoms with Gasteiger partial charge in [-0.25, -0.2) is 10.8 Å². The minimum atomic E-state index is 0.379. The molecule has 122 valence electrons. The van der Waals surface area contributed by atoms with Crippen LogP contribution in [0.5, 0.6) is 5.75 Å². The third-order valence-electron chi connectivity index (χ3n) is 4.04. The monoisotopic (exact) mass is 306 g/mol. The van der Waals surface area contributed by atoms with Crippen molar-refractivity contribution >= 4 is 11.5 Å². The summed E-state index contributed by atoms with van der Waals surface area (Å²) in [6.07, 6.45) is 3.87. The standard InChI is InChI=1S/C15H26N6O/c1-10(21(2)18)14(16)12-7-13(15(17)20-8-12)22-9-11-3-5-19-6-4-11/h7-8,11,19H,3-6,9,16,18H2,1-2H3,(H2,17,20)/b14-10-. The van der Waals surface area contributed by atoms with Gasteiger partial charge in [0.2, 0.25) is 0 Å². The van der Waals surface area contributed by atoms with E-state index >= 15 is 0 Å². The Hall–Kier alpha value is -1.99. The van der Waals surface area contributed by atoms with Crippen LogP contribution in [0.2, 0.25) is 0 Å². The van der Waals surface area contributed by atoms with Crippen molar-refractivity contribution in [2.75, 3.05) is 32.5 Å². The lowest BCUT2D eigenvalue weighted by molar-refractivity contribution is 0.215. The summed E-state index contributed by atoms with van der Waals surface area (Å²) in [6.45, 7) is 4.58. The third kappa shape index (κ3) is 4.02. The summed E-state index contributed by atoms with van der Waals surface area (Å²) in [6, 6.07) is 1.83. The topological polar surface area (TPSA) is 115 Å². The lowest BCUT2D eigenvalue weighted by Gasteiger charge is -2.23. The molecule has 0 bridgehead atoms. The lowest BCUT2D eigenvalue weighted by atomic mass is 9.99. The van der Waals surface area contributed by atoms with Crippen LogP contribution in [-0.4, -0.2) is 36.7 Å². The van der Waals surface area contributed by atoms with Crippen molar-refractivity contribution in [3.05, 3.63) is 23.5 Å². The fraction of sp³-hybridized carbons (Fsp3) is 0.533. The van der Waals surface area contributed by atoms with E-state index in [1.165, 1.54) is 5.01 Å². The summed E-state index contributed by atoms with van der Waals surface area (Å²) in [7, 11) is 1.74. The van der Waals surface area contributed by atoms with Gasteiger partial charge in [0.15, 0.2) is 11.6 Å².